The number of hydrogen-bond donors (Lipinski definition) is 0. The van der Waals surface area contributed by atoms with Crippen LogP contribution in [0.3, 0.4) is 0 Å². The highest BCUT2D eigenvalue weighted by Crippen LogP contribution is 2.32. The van der Waals surface area contributed by atoms with E-state index in [4.69, 9.17) is 10.7 Å². The summed E-state index contributed by atoms with van der Waals surface area (Å²) in [6, 6.07) is 7.75. The lowest BCUT2D eigenvalue weighted by Gasteiger charge is -1.96. The molecule has 0 spiro atoms. The van der Waals surface area contributed by atoms with Gasteiger partial charge in [0.25, 0.3) is 9.05 Å². The second-order valence-electron chi connectivity index (χ2n) is 3.70. The SMILES string of the molecule is Cc1ccc(-c2nc(C)c(S(=O)(=O)Cl)s2)cc1. The van der Waals surface area contributed by atoms with Crippen LogP contribution in [0, 0.1) is 13.8 Å². The molecule has 2 rings (SSSR count). The average Bonchev–Trinajstić information content (AvgIpc) is 2.61. The summed E-state index contributed by atoms with van der Waals surface area (Å²) in [5.74, 6) is 0. The molecule has 0 aliphatic carbocycles. The molecule has 0 saturated heterocycles. The largest absolute Gasteiger partial charge is 0.272 e. The van der Waals surface area contributed by atoms with Crippen molar-refractivity contribution in [3.8, 4) is 10.6 Å². The van der Waals surface area contributed by atoms with Crippen LogP contribution < -0.4 is 0 Å². The molecule has 0 fully saturated rings. The number of aryl methyl sites for hydroxylation is 2. The van der Waals surface area contributed by atoms with Gasteiger partial charge in [-0.25, -0.2) is 13.4 Å². The summed E-state index contributed by atoms with van der Waals surface area (Å²) in [6.45, 7) is 3.63. The van der Waals surface area contributed by atoms with Crippen LogP contribution in [0.4, 0.5) is 0 Å². The Kier molecular flexibility index (Phi) is 3.25. The van der Waals surface area contributed by atoms with Gasteiger partial charge in [-0.1, -0.05) is 29.8 Å². The van der Waals surface area contributed by atoms with E-state index in [0.29, 0.717) is 10.7 Å². The molecular formula is C11H10ClNO2S2. The molecule has 0 atom stereocenters. The van der Waals surface area contributed by atoms with Gasteiger partial charge in [0.15, 0.2) is 4.21 Å². The molecule has 90 valence electrons. The Morgan fingerprint density at radius 1 is 1.18 bits per heavy atom. The molecule has 0 N–H and O–H groups in total. The molecule has 0 amide bonds. The van der Waals surface area contributed by atoms with Crippen molar-refractivity contribution >= 4 is 31.1 Å². The van der Waals surface area contributed by atoms with Crippen LogP contribution in [0.1, 0.15) is 11.3 Å². The first-order valence-corrected chi connectivity index (χ1v) is 7.99. The van der Waals surface area contributed by atoms with Gasteiger partial charge in [-0.2, -0.15) is 0 Å². The van der Waals surface area contributed by atoms with Gasteiger partial charge < -0.3 is 0 Å². The summed E-state index contributed by atoms with van der Waals surface area (Å²) < 4.78 is 22.7. The lowest BCUT2D eigenvalue weighted by Crippen LogP contribution is -1.88. The molecule has 0 aliphatic rings. The number of benzene rings is 1. The minimum atomic E-state index is -3.70. The van der Waals surface area contributed by atoms with Crippen molar-refractivity contribution in [1.29, 1.82) is 0 Å². The number of nitrogens with zero attached hydrogens (tertiary/aromatic N) is 1. The molecular weight excluding hydrogens is 278 g/mol. The molecule has 1 aromatic heterocycles. The lowest BCUT2D eigenvalue weighted by atomic mass is 10.2. The minimum Gasteiger partial charge on any atom is -0.240 e. The summed E-state index contributed by atoms with van der Waals surface area (Å²) >= 11 is 1.09. The summed E-state index contributed by atoms with van der Waals surface area (Å²) in [6.07, 6.45) is 0. The zero-order valence-corrected chi connectivity index (χ0v) is 11.7. The Bertz CT molecular complexity index is 645. The zero-order valence-electron chi connectivity index (χ0n) is 9.27. The van der Waals surface area contributed by atoms with Gasteiger partial charge in [0.2, 0.25) is 0 Å². The first-order chi connectivity index (χ1) is 7.88. The smallest absolute Gasteiger partial charge is 0.240 e. The molecule has 1 heterocycles. The van der Waals surface area contributed by atoms with E-state index < -0.39 is 9.05 Å². The number of rotatable bonds is 2. The Morgan fingerprint density at radius 2 is 1.76 bits per heavy atom. The number of aromatic nitrogens is 1. The van der Waals surface area contributed by atoms with Crippen LogP contribution in [0.5, 0.6) is 0 Å². The van der Waals surface area contributed by atoms with Crippen LogP contribution in [-0.2, 0) is 9.05 Å². The fourth-order valence-corrected chi connectivity index (χ4v) is 3.89. The van der Waals surface area contributed by atoms with Crippen LogP contribution in [0.2, 0.25) is 0 Å². The van der Waals surface area contributed by atoms with Crippen LogP contribution in [0.25, 0.3) is 10.6 Å². The molecule has 3 nitrogen and oxygen atoms in total. The third-order valence-corrected chi connectivity index (χ3v) is 5.66. The van der Waals surface area contributed by atoms with Crippen LogP contribution in [-0.4, -0.2) is 13.4 Å². The first-order valence-electron chi connectivity index (χ1n) is 4.87. The maximum atomic E-state index is 11.3. The van der Waals surface area contributed by atoms with Gasteiger partial charge >= 0.3 is 0 Å². The molecule has 0 bridgehead atoms. The van der Waals surface area contributed by atoms with Crippen molar-refractivity contribution in [1.82, 2.24) is 4.98 Å². The molecule has 17 heavy (non-hydrogen) atoms. The van der Waals surface area contributed by atoms with Crippen molar-refractivity contribution in [3.63, 3.8) is 0 Å². The predicted octanol–water partition coefficient (Wildman–Crippen LogP) is 3.35. The van der Waals surface area contributed by atoms with E-state index in [1.807, 2.05) is 31.2 Å². The van der Waals surface area contributed by atoms with Gasteiger partial charge in [0.1, 0.15) is 5.01 Å². The van der Waals surface area contributed by atoms with Crippen LogP contribution >= 0.6 is 22.0 Å². The number of thiazole rings is 1. The van der Waals surface area contributed by atoms with Crippen molar-refractivity contribution in [2.24, 2.45) is 0 Å². The van der Waals surface area contributed by atoms with Crippen molar-refractivity contribution in [3.05, 3.63) is 35.5 Å². The Morgan fingerprint density at radius 3 is 2.24 bits per heavy atom. The van der Waals surface area contributed by atoms with Gasteiger partial charge in [-0.15, -0.1) is 11.3 Å². The summed E-state index contributed by atoms with van der Waals surface area (Å²) in [5.41, 5.74) is 2.49. The van der Waals surface area contributed by atoms with E-state index in [2.05, 4.69) is 4.98 Å². The van der Waals surface area contributed by atoms with E-state index in [9.17, 15) is 8.42 Å². The van der Waals surface area contributed by atoms with E-state index in [-0.39, 0.29) is 4.21 Å². The Balaban J connectivity index is 2.52. The molecule has 2 aromatic rings. The highest BCUT2D eigenvalue weighted by Gasteiger charge is 2.19. The fraction of sp³-hybridized carbons (Fsp3) is 0.182. The molecule has 0 saturated carbocycles. The predicted molar refractivity (Wildman–Crippen MR) is 70.1 cm³/mol. The van der Waals surface area contributed by atoms with E-state index in [1.165, 1.54) is 0 Å². The molecule has 1 aromatic carbocycles. The van der Waals surface area contributed by atoms with Gasteiger partial charge in [-0.3, -0.25) is 0 Å². The molecule has 0 aliphatic heterocycles. The quantitative estimate of drug-likeness (QED) is 0.796. The summed E-state index contributed by atoms with van der Waals surface area (Å²) in [5, 5.41) is 0.668. The zero-order chi connectivity index (χ0) is 12.6. The second-order valence-corrected chi connectivity index (χ2v) is 7.46. The third-order valence-electron chi connectivity index (χ3n) is 2.27. The maximum absolute atomic E-state index is 11.3. The van der Waals surface area contributed by atoms with Gasteiger partial charge in [0.05, 0.1) is 5.69 Å². The average molecular weight is 288 g/mol. The normalized spacial score (nSPS) is 11.7. The van der Waals surface area contributed by atoms with Crippen molar-refractivity contribution in [2.75, 3.05) is 0 Å². The van der Waals surface area contributed by atoms with Crippen molar-refractivity contribution in [2.45, 2.75) is 18.1 Å². The highest BCUT2D eigenvalue weighted by atomic mass is 35.7. The van der Waals surface area contributed by atoms with Gasteiger partial charge in [0, 0.05) is 16.2 Å². The number of hydrogen-bond acceptors (Lipinski definition) is 4. The third kappa shape index (κ3) is 2.68. The maximum Gasteiger partial charge on any atom is 0.272 e. The topological polar surface area (TPSA) is 47.0 Å². The van der Waals surface area contributed by atoms with Crippen molar-refractivity contribution < 1.29 is 8.42 Å². The van der Waals surface area contributed by atoms with E-state index in [1.54, 1.807) is 6.92 Å². The minimum absolute atomic E-state index is 0.120. The van der Waals surface area contributed by atoms with Crippen LogP contribution in [0.15, 0.2) is 28.5 Å². The van der Waals surface area contributed by atoms with Gasteiger partial charge in [-0.05, 0) is 13.8 Å². The summed E-state index contributed by atoms with van der Waals surface area (Å²) in [4.78, 5) is 4.23. The fourth-order valence-electron chi connectivity index (χ4n) is 1.43. The first kappa shape index (κ1) is 12.5. The molecule has 6 heteroatoms. The molecule has 0 radical (unpaired) electrons. The lowest BCUT2D eigenvalue weighted by molar-refractivity contribution is 0.610. The Labute approximate surface area is 109 Å². The molecule has 0 unspecified atom stereocenters. The van der Waals surface area contributed by atoms with E-state index in [0.717, 1.165) is 22.5 Å². The summed E-state index contributed by atoms with van der Waals surface area (Å²) in [7, 11) is 1.63. The standard InChI is InChI=1S/C11H10ClNO2S2/c1-7-3-5-9(6-4-7)10-13-8(2)11(16-10)17(12,14)15/h3-6H,1-2H3. The second kappa shape index (κ2) is 4.40. The monoisotopic (exact) mass is 287 g/mol. The highest BCUT2D eigenvalue weighted by molar-refractivity contribution is 8.15. The number of halogens is 1. The Hall–Kier alpha value is -0.910. The van der Waals surface area contributed by atoms with E-state index >= 15 is 0 Å².